The van der Waals surface area contributed by atoms with Crippen LogP contribution in [0.1, 0.15) is 92.4 Å². The van der Waals surface area contributed by atoms with Crippen LogP contribution in [0.2, 0.25) is 0 Å². The maximum atomic E-state index is 11.9. The van der Waals surface area contributed by atoms with E-state index in [4.69, 9.17) is 4.18 Å². The Balaban J connectivity index is 1.70. The summed E-state index contributed by atoms with van der Waals surface area (Å²) in [6.07, 6.45) is 2.16. The molecule has 5 N–H and O–H groups in total. The number of aliphatic hydroxyl groups is 4. The summed E-state index contributed by atoms with van der Waals surface area (Å²) in [6, 6.07) is 0. The van der Waals surface area contributed by atoms with Gasteiger partial charge in [0.1, 0.15) is 6.10 Å². The van der Waals surface area contributed by atoms with Gasteiger partial charge in [0.05, 0.1) is 23.9 Å². The molecule has 210 valence electrons. The first-order valence-corrected chi connectivity index (χ1v) is 15.3. The molecule has 0 radical (unpaired) electrons. The lowest BCUT2D eigenvalue weighted by Crippen LogP contribution is -2.69. The largest absolute Gasteiger partial charge is 0.397 e. The van der Waals surface area contributed by atoms with Gasteiger partial charge in [-0.25, -0.2) is 4.18 Å². The van der Waals surface area contributed by atoms with Gasteiger partial charge in [0.15, 0.2) is 0 Å². The summed E-state index contributed by atoms with van der Waals surface area (Å²) < 4.78 is 38.6. The van der Waals surface area contributed by atoms with Crippen LogP contribution in [0.15, 0.2) is 0 Å². The molecule has 0 aromatic heterocycles. The zero-order valence-corrected chi connectivity index (χ0v) is 23.3. The van der Waals surface area contributed by atoms with E-state index in [1.165, 1.54) is 0 Å². The monoisotopic (exact) mass is 532 g/mol. The lowest BCUT2D eigenvalue weighted by atomic mass is 9.42. The minimum atomic E-state index is -4.77. The van der Waals surface area contributed by atoms with Crippen LogP contribution in [0.4, 0.5) is 0 Å². The van der Waals surface area contributed by atoms with Crippen molar-refractivity contribution in [3.05, 3.63) is 0 Å². The van der Waals surface area contributed by atoms with Crippen molar-refractivity contribution in [2.24, 2.45) is 46.3 Å². The van der Waals surface area contributed by atoms with Crippen molar-refractivity contribution in [2.45, 2.75) is 122 Å². The van der Waals surface area contributed by atoms with Gasteiger partial charge in [0.25, 0.3) is 0 Å². The first-order valence-electron chi connectivity index (χ1n) is 14.0. The van der Waals surface area contributed by atoms with Crippen molar-refractivity contribution in [1.82, 2.24) is 0 Å². The van der Waals surface area contributed by atoms with Crippen molar-refractivity contribution in [2.75, 3.05) is 0 Å². The summed E-state index contributed by atoms with van der Waals surface area (Å²) in [5.41, 5.74) is -2.44. The van der Waals surface area contributed by atoms with Gasteiger partial charge in [-0.05, 0) is 73.0 Å². The second-order valence-electron chi connectivity index (χ2n) is 13.6. The SMILES string of the molecule is CC(C)CCC[C@@H](C)[C@H]1[C@@H](OS(=O)(=O)O)C(O)C2C3C[C@@H](O)[C@@]4(O)C[C@@H](O)CC[C@]4(C)C3CC[C@@]21C. The Bertz CT molecular complexity index is 909. The summed E-state index contributed by atoms with van der Waals surface area (Å²) in [5.74, 6) is -0.0770. The third-order valence-electron chi connectivity index (χ3n) is 11.2. The molecule has 0 amide bonds. The highest BCUT2D eigenvalue weighted by atomic mass is 32.3. The molecule has 4 aliphatic rings. The Morgan fingerprint density at radius 2 is 1.69 bits per heavy atom. The topological polar surface area (TPSA) is 145 Å². The average molecular weight is 533 g/mol. The Morgan fingerprint density at radius 1 is 1.03 bits per heavy atom. The van der Waals surface area contributed by atoms with Gasteiger partial charge < -0.3 is 20.4 Å². The van der Waals surface area contributed by atoms with Crippen LogP contribution in [0.3, 0.4) is 0 Å². The van der Waals surface area contributed by atoms with E-state index < -0.39 is 51.2 Å². The second-order valence-corrected chi connectivity index (χ2v) is 14.7. The van der Waals surface area contributed by atoms with Crippen molar-refractivity contribution < 1.29 is 37.6 Å². The summed E-state index contributed by atoms with van der Waals surface area (Å²) in [5, 5.41) is 44.9. The summed E-state index contributed by atoms with van der Waals surface area (Å²) in [7, 11) is -4.77. The van der Waals surface area contributed by atoms with Gasteiger partial charge >= 0.3 is 10.4 Å². The molecular weight excluding hydrogens is 484 g/mol. The van der Waals surface area contributed by atoms with Crippen LogP contribution in [0.5, 0.6) is 0 Å². The van der Waals surface area contributed by atoms with Crippen LogP contribution in [0.25, 0.3) is 0 Å². The number of aliphatic hydroxyl groups excluding tert-OH is 3. The predicted molar refractivity (Wildman–Crippen MR) is 135 cm³/mol. The molecule has 36 heavy (non-hydrogen) atoms. The van der Waals surface area contributed by atoms with E-state index in [0.29, 0.717) is 18.8 Å². The van der Waals surface area contributed by atoms with Crippen molar-refractivity contribution in [3.63, 3.8) is 0 Å². The Morgan fingerprint density at radius 3 is 2.31 bits per heavy atom. The molecule has 12 atom stereocenters. The van der Waals surface area contributed by atoms with E-state index >= 15 is 0 Å². The lowest BCUT2D eigenvalue weighted by Gasteiger charge is -2.65. The highest BCUT2D eigenvalue weighted by molar-refractivity contribution is 7.80. The van der Waals surface area contributed by atoms with E-state index in [-0.39, 0.29) is 42.4 Å². The molecule has 4 saturated carbocycles. The number of hydrogen-bond acceptors (Lipinski definition) is 7. The Labute approximate surface area is 216 Å². The van der Waals surface area contributed by atoms with Crippen LogP contribution >= 0.6 is 0 Å². The van der Waals surface area contributed by atoms with E-state index in [2.05, 4.69) is 27.7 Å². The molecule has 8 nitrogen and oxygen atoms in total. The fourth-order valence-electron chi connectivity index (χ4n) is 9.62. The highest BCUT2D eigenvalue weighted by Gasteiger charge is 2.71. The summed E-state index contributed by atoms with van der Waals surface area (Å²) in [4.78, 5) is 0. The molecule has 0 heterocycles. The molecular formula is C27H48O8S. The third kappa shape index (κ3) is 4.58. The Kier molecular flexibility index (Phi) is 7.75. The van der Waals surface area contributed by atoms with Crippen LogP contribution in [-0.4, -0.2) is 63.4 Å². The molecule has 4 aliphatic carbocycles. The number of rotatable bonds is 7. The maximum Gasteiger partial charge on any atom is 0.397 e. The van der Waals surface area contributed by atoms with Gasteiger partial charge in [-0.3, -0.25) is 4.55 Å². The smallest absolute Gasteiger partial charge is 0.393 e. The van der Waals surface area contributed by atoms with E-state index in [1.54, 1.807) is 0 Å². The molecule has 4 rings (SSSR count). The fraction of sp³-hybridized carbons (Fsp3) is 1.00. The van der Waals surface area contributed by atoms with Crippen molar-refractivity contribution >= 4 is 10.4 Å². The van der Waals surface area contributed by atoms with Crippen molar-refractivity contribution in [3.8, 4) is 0 Å². The zero-order chi connectivity index (χ0) is 26.8. The number of fused-ring (bicyclic) bond motifs is 5. The quantitative estimate of drug-likeness (QED) is 0.314. The minimum absolute atomic E-state index is 0.0208. The van der Waals surface area contributed by atoms with Gasteiger partial charge in [0.2, 0.25) is 0 Å². The normalized spacial score (nSPS) is 49.9. The standard InChI is InChI=1S/C27H48O8S/c1-15(2)7-6-8-16(3)21-24(35-36(32,33)34)23(30)22-18-13-20(29)27(31)14-17(28)9-12-26(27,5)19(18)10-11-25(21,22)4/h15-24,28-31H,6-14H2,1-5H3,(H,32,33,34)/t16-,17+,18?,19?,20-,21+,22?,23?,24-,25-,26-,27+/m1/s1. The average Bonchev–Trinajstić information content (AvgIpc) is 2.95. The van der Waals surface area contributed by atoms with Crippen LogP contribution in [-0.2, 0) is 14.6 Å². The molecule has 0 aromatic carbocycles. The molecule has 0 bridgehead atoms. The maximum absolute atomic E-state index is 11.9. The van der Waals surface area contributed by atoms with E-state index in [1.807, 2.05) is 6.92 Å². The molecule has 9 heteroatoms. The van der Waals surface area contributed by atoms with E-state index in [9.17, 15) is 33.4 Å². The van der Waals surface area contributed by atoms with Gasteiger partial charge in [-0.2, -0.15) is 8.42 Å². The van der Waals surface area contributed by atoms with Gasteiger partial charge in [-0.1, -0.05) is 53.9 Å². The van der Waals surface area contributed by atoms with Gasteiger partial charge in [-0.15, -0.1) is 0 Å². The molecule has 0 aliphatic heterocycles. The first kappa shape index (κ1) is 28.7. The third-order valence-corrected chi connectivity index (χ3v) is 11.7. The number of hydrogen-bond donors (Lipinski definition) is 5. The zero-order valence-electron chi connectivity index (χ0n) is 22.5. The molecule has 0 saturated heterocycles. The molecule has 4 fully saturated rings. The summed E-state index contributed by atoms with van der Waals surface area (Å²) >= 11 is 0. The van der Waals surface area contributed by atoms with Crippen LogP contribution < -0.4 is 0 Å². The fourth-order valence-corrected chi connectivity index (χ4v) is 10.1. The lowest BCUT2D eigenvalue weighted by molar-refractivity contribution is -0.268. The highest BCUT2D eigenvalue weighted by Crippen LogP contribution is 2.69. The summed E-state index contributed by atoms with van der Waals surface area (Å²) in [6.45, 7) is 10.6. The van der Waals surface area contributed by atoms with Crippen LogP contribution in [0, 0.1) is 46.3 Å². The van der Waals surface area contributed by atoms with Crippen molar-refractivity contribution in [1.29, 1.82) is 0 Å². The molecule has 0 aromatic rings. The molecule has 4 unspecified atom stereocenters. The Hall–Kier alpha value is -0.290. The minimum Gasteiger partial charge on any atom is -0.393 e. The predicted octanol–water partition coefficient (Wildman–Crippen LogP) is 3.32. The first-order chi connectivity index (χ1) is 16.5. The molecule has 0 spiro atoms. The van der Waals surface area contributed by atoms with Gasteiger partial charge in [0, 0.05) is 11.8 Å². The van der Waals surface area contributed by atoms with E-state index in [0.717, 1.165) is 32.1 Å². The second kappa shape index (κ2) is 9.72.